The fraction of sp³-hybridized carbons (Fsp3) is 0.222. The number of hydrogen-bond donors (Lipinski definition) is 0. The lowest BCUT2D eigenvalue weighted by molar-refractivity contribution is -0.385. The van der Waals surface area contributed by atoms with Crippen LogP contribution in [0.2, 0.25) is 0 Å². The van der Waals surface area contributed by atoms with Crippen LogP contribution in [0.4, 0.5) is 5.69 Å². The van der Waals surface area contributed by atoms with Crippen molar-refractivity contribution < 1.29 is 19.2 Å². The smallest absolute Gasteiger partial charge is 0.325 e. The van der Waals surface area contributed by atoms with Gasteiger partial charge in [-0.3, -0.25) is 19.7 Å². The molecule has 7 heteroatoms. The van der Waals surface area contributed by atoms with Crippen LogP contribution < -0.4 is 0 Å². The van der Waals surface area contributed by atoms with E-state index < -0.39 is 10.9 Å². The predicted octanol–water partition coefficient (Wildman–Crippen LogP) is 2.34. The molecular weight excluding hydrogens is 324 g/mol. The van der Waals surface area contributed by atoms with Crippen molar-refractivity contribution in [2.24, 2.45) is 0 Å². The number of para-hydroxylation sites is 1. The summed E-state index contributed by atoms with van der Waals surface area (Å²) in [7, 11) is 1.25. The minimum atomic E-state index is -0.549. The number of rotatable bonds is 7. The third kappa shape index (κ3) is 5.13. The van der Waals surface area contributed by atoms with Gasteiger partial charge in [0.25, 0.3) is 5.69 Å². The standard InChI is InChI=1S/C18H18N2O5/c1-25-18(22)13-19(12-14-7-3-2-4-8-14)17(21)11-15-9-5-6-10-16(15)20(23)24/h2-10H,11-13H2,1H3. The number of methoxy groups -OCH3 is 1. The van der Waals surface area contributed by atoms with E-state index in [1.165, 1.54) is 24.1 Å². The SMILES string of the molecule is COC(=O)CN(Cc1ccccc1)C(=O)Cc1ccccc1[N+](=O)[O-]. The van der Waals surface area contributed by atoms with E-state index in [0.29, 0.717) is 5.56 Å². The van der Waals surface area contributed by atoms with Gasteiger partial charge in [-0.15, -0.1) is 0 Å². The molecule has 0 bridgehead atoms. The van der Waals surface area contributed by atoms with Crippen molar-refractivity contribution in [3.8, 4) is 0 Å². The minimum Gasteiger partial charge on any atom is -0.468 e. The molecule has 130 valence electrons. The Morgan fingerprint density at radius 1 is 1.08 bits per heavy atom. The van der Waals surface area contributed by atoms with Gasteiger partial charge in [-0.1, -0.05) is 48.5 Å². The van der Waals surface area contributed by atoms with Crippen LogP contribution in [-0.4, -0.2) is 35.4 Å². The lowest BCUT2D eigenvalue weighted by Crippen LogP contribution is -2.36. The summed E-state index contributed by atoms with van der Waals surface area (Å²) in [5, 5.41) is 11.1. The number of nitro groups is 1. The molecule has 2 aromatic rings. The first kappa shape index (κ1) is 18.1. The molecule has 0 aliphatic rings. The van der Waals surface area contributed by atoms with E-state index in [9.17, 15) is 19.7 Å². The van der Waals surface area contributed by atoms with Gasteiger partial charge in [-0.25, -0.2) is 0 Å². The molecule has 0 aliphatic heterocycles. The zero-order valence-electron chi connectivity index (χ0n) is 13.8. The summed E-state index contributed by atoms with van der Waals surface area (Å²) in [5.41, 5.74) is 1.04. The van der Waals surface area contributed by atoms with Crippen molar-refractivity contribution in [3.05, 3.63) is 75.8 Å². The summed E-state index contributed by atoms with van der Waals surface area (Å²) < 4.78 is 4.64. The van der Waals surface area contributed by atoms with E-state index in [1.54, 1.807) is 12.1 Å². The molecule has 2 aromatic carbocycles. The second-order valence-corrected chi connectivity index (χ2v) is 5.37. The number of nitrogens with zero attached hydrogens (tertiary/aromatic N) is 2. The third-order valence-corrected chi connectivity index (χ3v) is 3.65. The molecule has 0 spiro atoms. The number of hydrogen-bond acceptors (Lipinski definition) is 5. The summed E-state index contributed by atoms with van der Waals surface area (Å²) in [6.45, 7) is 0.000261. The Labute approximate surface area is 145 Å². The van der Waals surface area contributed by atoms with Gasteiger partial charge in [0.15, 0.2) is 0 Å². The second-order valence-electron chi connectivity index (χ2n) is 5.37. The van der Waals surface area contributed by atoms with Gasteiger partial charge < -0.3 is 9.64 Å². The monoisotopic (exact) mass is 342 g/mol. The maximum Gasteiger partial charge on any atom is 0.325 e. The molecule has 0 saturated heterocycles. The Morgan fingerprint density at radius 3 is 2.36 bits per heavy atom. The number of carbonyl (C=O) groups is 2. The molecule has 0 radical (unpaired) electrons. The zero-order chi connectivity index (χ0) is 18.2. The zero-order valence-corrected chi connectivity index (χ0v) is 13.8. The van der Waals surface area contributed by atoms with Crippen LogP contribution >= 0.6 is 0 Å². The van der Waals surface area contributed by atoms with Gasteiger partial charge in [0.1, 0.15) is 6.54 Å². The fourth-order valence-corrected chi connectivity index (χ4v) is 2.37. The van der Waals surface area contributed by atoms with E-state index >= 15 is 0 Å². The number of benzene rings is 2. The number of amides is 1. The first-order valence-corrected chi connectivity index (χ1v) is 7.62. The number of ether oxygens (including phenoxy) is 1. The molecule has 7 nitrogen and oxygen atoms in total. The van der Waals surface area contributed by atoms with Gasteiger partial charge in [0, 0.05) is 18.2 Å². The molecule has 1 amide bonds. The normalized spacial score (nSPS) is 10.1. The van der Waals surface area contributed by atoms with Crippen LogP contribution in [0.5, 0.6) is 0 Å². The van der Waals surface area contributed by atoms with E-state index in [-0.39, 0.29) is 31.1 Å². The van der Waals surface area contributed by atoms with Gasteiger partial charge in [0.05, 0.1) is 18.5 Å². The summed E-state index contributed by atoms with van der Waals surface area (Å²) in [6, 6.07) is 15.3. The Morgan fingerprint density at radius 2 is 1.72 bits per heavy atom. The van der Waals surface area contributed by atoms with Gasteiger partial charge in [-0.05, 0) is 5.56 Å². The highest BCUT2D eigenvalue weighted by Crippen LogP contribution is 2.19. The Balaban J connectivity index is 2.20. The van der Waals surface area contributed by atoms with Crippen LogP contribution in [0.3, 0.4) is 0 Å². The molecule has 0 unspecified atom stereocenters. The second kappa shape index (κ2) is 8.58. The van der Waals surface area contributed by atoms with E-state index in [2.05, 4.69) is 4.74 Å². The molecule has 0 aromatic heterocycles. The van der Waals surface area contributed by atoms with Gasteiger partial charge in [0.2, 0.25) is 5.91 Å². The van der Waals surface area contributed by atoms with E-state index in [1.807, 2.05) is 30.3 Å². The highest BCUT2D eigenvalue weighted by atomic mass is 16.6. The first-order chi connectivity index (χ1) is 12.0. The molecule has 0 fully saturated rings. The van der Waals surface area contributed by atoms with Gasteiger partial charge >= 0.3 is 5.97 Å². The average molecular weight is 342 g/mol. The molecule has 0 saturated carbocycles. The van der Waals surface area contributed by atoms with Crippen LogP contribution in [0.15, 0.2) is 54.6 Å². The molecular formula is C18H18N2O5. The van der Waals surface area contributed by atoms with Crippen LogP contribution in [0.1, 0.15) is 11.1 Å². The van der Waals surface area contributed by atoms with Crippen LogP contribution in [-0.2, 0) is 27.3 Å². The van der Waals surface area contributed by atoms with Crippen molar-refractivity contribution in [2.75, 3.05) is 13.7 Å². The maximum atomic E-state index is 12.6. The molecule has 0 N–H and O–H groups in total. The fourth-order valence-electron chi connectivity index (χ4n) is 2.37. The van der Waals surface area contributed by atoms with Crippen LogP contribution in [0, 0.1) is 10.1 Å². The summed E-state index contributed by atoms with van der Waals surface area (Å²) in [4.78, 5) is 36.2. The summed E-state index contributed by atoms with van der Waals surface area (Å²) in [5.74, 6) is -0.935. The topological polar surface area (TPSA) is 89.8 Å². The highest BCUT2D eigenvalue weighted by Gasteiger charge is 2.22. The largest absolute Gasteiger partial charge is 0.468 e. The highest BCUT2D eigenvalue weighted by molar-refractivity contribution is 5.84. The number of carbonyl (C=O) groups excluding carboxylic acids is 2. The molecule has 2 rings (SSSR count). The third-order valence-electron chi connectivity index (χ3n) is 3.65. The Hall–Kier alpha value is -3.22. The number of nitro benzene ring substituents is 1. The Kier molecular flexibility index (Phi) is 6.22. The molecule has 0 atom stereocenters. The Bertz CT molecular complexity index is 761. The lowest BCUT2D eigenvalue weighted by atomic mass is 10.1. The van der Waals surface area contributed by atoms with E-state index in [4.69, 9.17) is 0 Å². The summed E-state index contributed by atoms with van der Waals surface area (Å²) in [6.07, 6.45) is -0.166. The van der Waals surface area contributed by atoms with Crippen LogP contribution in [0.25, 0.3) is 0 Å². The van der Waals surface area contributed by atoms with Crippen molar-refractivity contribution in [3.63, 3.8) is 0 Å². The summed E-state index contributed by atoms with van der Waals surface area (Å²) >= 11 is 0. The van der Waals surface area contributed by atoms with E-state index in [0.717, 1.165) is 5.56 Å². The molecule has 0 heterocycles. The average Bonchev–Trinajstić information content (AvgIpc) is 2.62. The lowest BCUT2D eigenvalue weighted by Gasteiger charge is -2.21. The number of esters is 1. The van der Waals surface area contributed by atoms with Crippen molar-refractivity contribution in [2.45, 2.75) is 13.0 Å². The quantitative estimate of drug-likeness (QED) is 0.438. The van der Waals surface area contributed by atoms with Crippen molar-refractivity contribution >= 4 is 17.6 Å². The maximum absolute atomic E-state index is 12.6. The van der Waals surface area contributed by atoms with Gasteiger partial charge in [-0.2, -0.15) is 0 Å². The van der Waals surface area contributed by atoms with Crippen molar-refractivity contribution in [1.29, 1.82) is 0 Å². The molecule has 25 heavy (non-hydrogen) atoms. The molecule has 0 aliphatic carbocycles. The first-order valence-electron chi connectivity index (χ1n) is 7.62. The predicted molar refractivity (Wildman–Crippen MR) is 90.7 cm³/mol. The minimum absolute atomic E-state index is 0.117. The van der Waals surface area contributed by atoms with Crippen molar-refractivity contribution in [1.82, 2.24) is 4.90 Å².